The van der Waals surface area contributed by atoms with Crippen molar-refractivity contribution in [2.45, 2.75) is 0 Å². The van der Waals surface area contributed by atoms with Gasteiger partial charge in [-0.25, -0.2) is 0 Å². The second-order valence-corrected chi connectivity index (χ2v) is 5.26. The molecule has 0 fully saturated rings. The Hall–Kier alpha value is -3.34. The normalized spacial score (nSPS) is 10.9. The SMILES string of the molecule is COc1ccccc1C(=O)n1nc(-c2ccco2)c2ccccc21. The van der Waals surface area contributed by atoms with Gasteiger partial charge in [-0.1, -0.05) is 30.3 Å². The predicted octanol–water partition coefficient (Wildman–Crippen LogP) is 3.99. The summed E-state index contributed by atoms with van der Waals surface area (Å²) in [6, 6.07) is 18.3. The number of fused-ring (bicyclic) bond motifs is 1. The molecule has 0 unspecified atom stereocenters. The average molecular weight is 318 g/mol. The fourth-order valence-corrected chi connectivity index (χ4v) is 2.75. The second-order valence-electron chi connectivity index (χ2n) is 5.26. The van der Waals surface area contributed by atoms with Crippen molar-refractivity contribution in [2.24, 2.45) is 0 Å². The lowest BCUT2D eigenvalue weighted by atomic mass is 10.1. The number of carbonyl (C=O) groups excluding carboxylic acids is 1. The largest absolute Gasteiger partial charge is 0.496 e. The molecule has 0 atom stereocenters. The highest BCUT2D eigenvalue weighted by Crippen LogP contribution is 2.29. The summed E-state index contributed by atoms with van der Waals surface area (Å²) in [5.41, 5.74) is 1.82. The van der Waals surface area contributed by atoms with E-state index in [4.69, 9.17) is 9.15 Å². The topological polar surface area (TPSA) is 57.3 Å². The Bertz CT molecular complexity index is 1020. The fourth-order valence-electron chi connectivity index (χ4n) is 2.75. The summed E-state index contributed by atoms with van der Waals surface area (Å²) in [4.78, 5) is 13.0. The maximum atomic E-state index is 13.0. The molecule has 24 heavy (non-hydrogen) atoms. The number of carbonyl (C=O) groups is 1. The second kappa shape index (κ2) is 5.70. The maximum absolute atomic E-state index is 13.0. The number of ether oxygens (including phenoxy) is 1. The first-order chi connectivity index (χ1) is 11.8. The van der Waals surface area contributed by atoms with Crippen molar-refractivity contribution in [3.8, 4) is 17.2 Å². The van der Waals surface area contributed by atoms with Gasteiger partial charge in [-0.05, 0) is 30.3 Å². The monoisotopic (exact) mass is 318 g/mol. The summed E-state index contributed by atoms with van der Waals surface area (Å²) in [5.74, 6) is 0.890. The van der Waals surface area contributed by atoms with Crippen molar-refractivity contribution < 1.29 is 13.9 Å². The number of nitrogens with zero attached hydrogens (tertiary/aromatic N) is 2. The van der Waals surface area contributed by atoms with Gasteiger partial charge in [0.25, 0.3) is 5.91 Å². The van der Waals surface area contributed by atoms with Crippen LogP contribution in [0.1, 0.15) is 10.4 Å². The van der Waals surface area contributed by atoms with E-state index >= 15 is 0 Å². The molecule has 0 amide bonds. The van der Waals surface area contributed by atoms with Crippen LogP contribution in [-0.2, 0) is 0 Å². The van der Waals surface area contributed by atoms with E-state index in [0.29, 0.717) is 22.8 Å². The summed E-state index contributed by atoms with van der Waals surface area (Å²) in [5, 5.41) is 5.36. The molecule has 4 aromatic rings. The molecule has 118 valence electrons. The number of para-hydroxylation sites is 2. The molecule has 2 aromatic heterocycles. The van der Waals surface area contributed by atoms with Crippen molar-refractivity contribution in [1.82, 2.24) is 9.78 Å². The molecule has 2 aromatic carbocycles. The highest BCUT2D eigenvalue weighted by molar-refractivity contribution is 6.05. The number of hydrogen-bond donors (Lipinski definition) is 0. The van der Waals surface area contributed by atoms with Crippen LogP contribution in [0.15, 0.2) is 71.3 Å². The molecule has 0 saturated carbocycles. The lowest BCUT2D eigenvalue weighted by molar-refractivity contribution is 0.0947. The molecule has 4 rings (SSSR count). The van der Waals surface area contributed by atoms with Gasteiger partial charge in [-0.2, -0.15) is 9.78 Å². The van der Waals surface area contributed by atoms with Gasteiger partial charge in [0.15, 0.2) is 5.76 Å². The van der Waals surface area contributed by atoms with E-state index in [1.807, 2.05) is 36.4 Å². The standard InChI is InChI=1S/C19H14N2O3/c1-23-16-10-5-3-8-14(16)19(22)21-15-9-4-2-7-13(15)18(20-21)17-11-6-12-24-17/h2-12H,1H3. The Morgan fingerprint density at radius 2 is 1.83 bits per heavy atom. The zero-order valence-corrected chi connectivity index (χ0v) is 13.0. The average Bonchev–Trinajstić information content (AvgIpc) is 3.28. The van der Waals surface area contributed by atoms with Gasteiger partial charge in [0.05, 0.1) is 24.5 Å². The van der Waals surface area contributed by atoms with Crippen LogP contribution >= 0.6 is 0 Å². The minimum absolute atomic E-state index is 0.249. The molecular formula is C19H14N2O3. The number of furan rings is 1. The highest BCUT2D eigenvalue weighted by Gasteiger charge is 2.21. The number of hydrogen-bond acceptors (Lipinski definition) is 4. The van der Waals surface area contributed by atoms with Gasteiger partial charge in [0, 0.05) is 5.39 Å². The lowest BCUT2D eigenvalue weighted by Gasteiger charge is -2.07. The highest BCUT2D eigenvalue weighted by atomic mass is 16.5. The molecule has 0 N–H and O–H groups in total. The minimum atomic E-state index is -0.249. The van der Waals surface area contributed by atoms with E-state index < -0.39 is 0 Å². The Labute approximate surface area is 138 Å². The third-order valence-corrected chi connectivity index (χ3v) is 3.87. The first kappa shape index (κ1) is 14.3. The van der Waals surface area contributed by atoms with E-state index in [9.17, 15) is 4.79 Å². The van der Waals surface area contributed by atoms with Gasteiger partial charge < -0.3 is 9.15 Å². The van der Waals surface area contributed by atoms with E-state index in [0.717, 1.165) is 10.9 Å². The fraction of sp³-hybridized carbons (Fsp3) is 0.0526. The Kier molecular flexibility index (Phi) is 3.39. The first-order valence-corrected chi connectivity index (χ1v) is 7.49. The van der Waals surface area contributed by atoms with Gasteiger partial charge in [0.2, 0.25) is 0 Å². The number of rotatable bonds is 3. The van der Waals surface area contributed by atoms with Gasteiger partial charge in [0.1, 0.15) is 11.4 Å². The van der Waals surface area contributed by atoms with E-state index in [1.54, 1.807) is 37.6 Å². The molecule has 0 bridgehead atoms. The molecule has 2 heterocycles. The zero-order valence-electron chi connectivity index (χ0n) is 13.0. The van der Waals surface area contributed by atoms with Crippen LogP contribution in [0.4, 0.5) is 0 Å². The van der Waals surface area contributed by atoms with Crippen LogP contribution in [0.25, 0.3) is 22.4 Å². The third kappa shape index (κ3) is 2.18. The van der Waals surface area contributed by atoms with Gasteiger partial charge in [-0.15, -0.1) is 0 Å². The molecule has 5 heteroatoms. The van der Waals surface area contributed by atoms with Crippen LogP contribution in [0.3, 0.4) is 0 Å². The lowest BCUT2D eigenvalue weighted by Crippen LogP contribution is -2.14. The van der Waals surface area contributed by atoms with E-state index in [-0.39, 0.29) is 5.91 Å². The molecule has 0 aliphatic heterocycles. The summed E-state index contributed by atoms with van der Waals surface area (Å²) >= 11 is 0. The van der Waals surface area contributed by atoms with Crippen molar-refractivity contribution in [1.29, 1.82) is 0 Å². The summed E-state index contributed by atoms with van der Waals surface area (Å²) in [6.45, 7) is 0. The van der Waals surface area contributed by atoms with Gasteiger partial charge >= 0.3 is 0 Å². The van der Waals surface area contributed by atoms with Crippen LogP contribution < -0.4 is 4.74 Å². The molecule has 0 aliphatic rings. The van der Waals surface area contributed by atoms with E-state index in [2.05, 4.69) is 5.10 Å². The van der Waals surface area contributed by atoms with Gasteiger partial charge in [-0.3, -0.25) is 4.79 Å². The molecule has 5 nitrogen and oxygen atoms in total. The zero-order chi connectivity index (χ0) is 16.5. The molecule has 0 radical (unpaired) electrons. The summed E-state index contributed by atoms with van der Waals surface area (Å²) in [7, 11) is 1.54. The Morgan fingerprint density at radius 3 is 2.62 bits per heavy atom. The smallest absolute Gasteiger partial charge is 0.282 e. The molecule has 0 spiro atoms. The number of benzene rings is 2. The van der Waals surface area contributed by atoms with Crippen molar-refractivity contribution in [3.63, 3.8) is 0 Å². The quantitative estimate of drug-likeness (QED) is 0.573. The maximum Gasteiger partial charge on any atom is 0.282 e. The Morgan fingerprint density at radius 1 is 1.04 bits per heavy atom. The van der Waals surface area contributed by atoms with Crippen molar-refractivity contribution >= 4 is 16.8 Å². The number of aromatic nitrogens is 2. The van der Waals surface area contributed by atoms with Crippen LogP contribution in [0.2, 0.25) is 0 Å². The summed E-state index contributed by atoms with van der Waals surface area (Å²) < 4.78 is 12.2. The Balaban J connectivity index is 1.93. The summed E-state index contributed by atoms with van der Waals surface area (Å²) in [6.07, 6.45) is 1.59. The third-order valence-electron chi connectivity index (χ3n) is 3.87. The minimum Gasteiger partial charge on any atom is -0.496 e. The van der Waals surface area contributed by atoms with Crippen molar-refractivity contribution in [3.05, 3.63) is 72.5 Å². The van der Waals surface area contributed by atoms with E-state index in [1.165, 1.54) is 4.68 Å². The van der Waals surface area contributed by atoms with Crippen LogP contribution in [0.5, 0.6) is 5.75 Å². The molecule has 0 saturated heterocycles. The predicted molar refractivity (Wildman–Crippen MR) is 90.2 cm³/mol. The van der Waals surface area contributed by atoms with Crippen LogP contribution in [-0.4, -0.2) is 22.8 Å². The molecule has 0 aliphatic carbocycles. The number of methoxy groups -OCH3 is 1. The molecular weight excluding hydrogens is 304 g/mol. The van der Waals surface area contributed by atoms with Crippen LogP contribution in [0, 0.1) is 0 Å². The first-order valence-electron chi connectivity index (χ1n) is 7.49. The van der Waals surface area contributed by atoms with Crippen molar-refractivity contribution in [2.75, 3.05) is 7.11 Å².